The smallest absolute Gasteiger partial charge is 0.191 e. The molecule has 4 nitrogen and oxygen atoms in total. The van der Waals surface area contributed by atoms with E-state index in [2.05, 4.69) is 26.5 Å². The monoisotopic (exact) mass is 250 g/mol. The number of thiazole rings is 1. The molecule has 5 heteroatoms. The van der Waals surface area contributed by atoms with Gasteiger partial charge in [0.2, 0.25) is 0 Å². The Labute approximate surface area is 107 Å². The van der Waals surface area contributed by atoms with Crippen molar-refractivity contribution in [3.63, 3.8) is 0 Å². The summed E-state index contributed by atoms with van der Waals surface area (Å²) in [4.78, 5) is 9.79. The molecule has 0 amide bonds. The summed E-state index contributed by atoms with van der Waals surface area (Å²) in [6, 6.07) is 0. The molecule has 0 atom stereocenters. The van der Waals surface area contributed by atoms with Gasteiger partial charge in [-0.2, -0.15) is 0 Å². The van der Waals surface area contributed by atoms with Gasteiger partial charge in [0.1, 0.15) is 0 Å². The van der Waals surface area contributed by atoms with Gasteiger partial charge < -0.3 is 10.6 Å². The van der Waals surface area contributed by atoms with E-state index in [1.807, 2.05) is 13.8 Å². The van der Waals surface area contributed by atoms with Crippen LogP contribution in [0.2, 0.25) is 0 Å². The number of rotatable bonds is 4. The largest absolute Gasteiger partial charge is 0.356 e. The normalized spacial score (nSPS) is 11.1. The molecule has 0 aliphatic heterocycles. The molecule has 1 aromatic heterocycles. The van der Waals surface area contributed by atoms with Crippen molar-refractivity contribution in [3.8, 4) is 12.3 Å². The lowest BCUT2D eigenvalue weighted by atomic mass is 10.3. The predicted molar refractivity (Wildman–Crippen MR) is 73.5 cm³/mol. The van der Waals surface area contributed by atoms with Crippen LogP contribution in [0.15, 0.2) is 4.99 Å². The Morgan fingerprint density at radius 2 is 2.24 bits per heavy atom. The van der Waals surface area contributed by atoms with Gasteiger partial charge in [0, 0.05) is 24.9 Å². The fourth-order valence-corrected chi connectivity index (χ4v) is 2.39. The van der Waals surface area contributed by atoms with Crippen molar-refractivity contribution in [1.82, 2.24) is 15.6 Å². The second kappa shape index (κ2) is 6.92. The van der Waals surface area contributed by atoms with Crippen molar-refractivity contribution < 1.29 is 0 Å². The highest BCUT2D eigenvalue weighted by Crippen LogP contribution is 2.16. The first-order chi connectivity index (χ1) is 8.17. The van der Waals surface area contributed by atoms with Crippen molar-refractivity contribution in [1.29, 1.82) is 0 Å². The van der Waals surface area contributed by atoms with E-state index in [4.69, 9.17) is 6.42 Å². The molecule has 0 aliphatic carbocycles. The molecule has 92 valence electrons. The van der Waals surface area contributed by atoms with Crippen molar-refractivity contribution in [2.24, 2.45) is 4.99 Å². The Kier molecular flexibility index (Phi) is 5.50. The van der Waals surface area contributed by atoms with Crippen molar-refractivity contribution >= 4 is 17.3 Å². The average Bonchev–Trinajstić information content (AvgIpc) is 2.62. The third-order valence-corrected chi connectivity index (χ3v) is 3.36. The Morgan fingerprint density at radius 1 is 1.47 bits per heavy atom. The van der Waals surface area contributed by atoms with Crippen LogP contribution in [0, 0.1) is 26.2 Å². The highest BCUT2D eigenvalue weighted by atomic mass is 32.1. The zero-order valence-electron chi connectivity index (χ0n) is 10.5. The molecule has 0 unspecified atom stereocenters. The van der Waals surface area contributed by atoms with Gasteiger partial charge >= 0.3 is 0 Å². The van der Waals surface area contributed by atoms with E-state index in [1.54, 1.807) is 18.4 Å². The number of aliphatic imine (C=N–C) groups is 1. The summed E-state index contributed by atoms with van der Waals surface area (Å²) < 4.78 is 0. The molecular formula is C12H18N4S. The van der Waals surface area contributed by atoms with Crippen LogP contribution >= 0.6 is 11.3 Å². The quantitative estimate of drug-likeness (QED) is 0.478. The van der Waals surface area contributed by atoms with Gasteiger partial charge in [-0.25, -0.2) is 4.98 Å². The second-order valence-electron chi connectivity index (χ2n) is 3.55. The molecule has 17 heavy (non-hydrogen) atoms. The van der Waals surface area contributed by atoms with Crippen molar-refractivity contribution in [2.75, 3.05) is 20.1 Å². The third-order valence-electron chi connectivity index (χ3n) is 2.23. The molecule has 1 aromatic rings. The lowest BCUT2D eigenvalue weighted by molar-refractivity contribution is 0.827. The van der Waals surface area contributed by atoms with E-state index in [1.165, 1.54) is 4.88 Å². The number of hydrogen-bond donors (Lipinski definition) is 2. The Hall–Kier alpha value is -1.54. The molecular weight excluding hydrogens is 232 g/mol. The minimum atomic E-state index is 0.484. The van der Waals surface area contributed by atoms with Gasteiger partial charge in [0.25, 0.3) is 0 Å². The Bertz CT molecular complexity index is 428. The molecule has 0 aromatic carbocycles. The topological polar surface area (TPSA) is 49.3 Å². The van der Waals surface area contributed by atoms with E-state index in [0.29, 0.717) is 6.54 Å². The molecule has 2 N–H and O–H groups in total. The van der Waals surface area contributed by atoms with Gasteiger partial charge in [0.15, 0.2) is 5.96 Å². The number of aryl methyl sites for hydroxylation is 2. The van der Waals surface area contributed by atoms with E-state index in [0.717, 1.165) is 29.6 Å². The summed E-state index contributed by atoms with van der Waals surface area (Å²) in [6.45, 7) is 5.39. The zero-order chi connectivity index (χ0) is 12.7. The molecule has 0 radical (unpaired) electrons. The summed E-state index contributed by atoms with van der Waals surface area (Å²) in [5, 5.41) is 7.35. The summed E-state index contributed by atoms with van der Waals surface area (Å²) in [7, 11) is 1.73. The van der Waals surface area contributed by atoms with Crippen LogP contribution in [-0.2, 0) is 6.42 Å². The fraction of sp³-hybridized carbons (Fsp3) is 0.500. The third kappa shape index (κ3) is 4.45. The molecule has 0 saturated heterocycles. The van der Waals surface area contributed by atoms with E-state index >= 15 is 0 Å². The molecule has 0 aliphatic rings. The first-order valence-corrected chi connectivity index (χ1v) is 6.30. The lowest BCUT2D eigenvalue weighted by Gasteiger charge is -2.09. The lowest BCUT2D eigenvalue weighted by Crippen LogP contribution is -2.38. The van der Waals surface area contributed by atoms with E-state index < -0.39 is 0 Å². The minimum absolute atomic E-state index is 0.484. The SMILES string of the molecule is C#CCNC(=NC)NCCc1sc(C)nc1C. The number of nitrogens with zero attached hydrogens (tertiary/aromatic N) is 2. The van der Waals surface area contributed by atoms with Gasteiger partial charge in [0.05, 0.1) is 17.2 Å². The zero-order valence-corrected chi connectivity index (χ0v) is 11.3. The highest BCUT2D eigenvalue weighted by molar-refractivity contribution is 7.11. The van der Waals surface area contributed by atoms with Crippen LogP contribution in [0.3, 0.4) is 0 Å². The maximum atomic E-state index is 5.17. The maximum absolute atomic E-state index is 5.17. The first kappa shape index (κ1) is 13.5. The summed E-state index contributed by atoms with van der Waals surface area (Å²) in [5.74, 6) is 3.25. The number of aromatic nitrogens is 1. The van der Waals surface area contributed by atoms with E-state index in [-0.39, 0.29) is 0 Å². The number of nitrogens with one attached hydrogen (secondary N) is 2. The van der Waals surface area contributed by atoms with Gasteiger partial charge in [-0.3, -0.25) is 4.99 Å². The minimum Gasteiger partial charge on any atom is -0.356 e. The Balaban J connectivity index is 2.37. The van der Waals surface area contributed by atoms with Crippen LogP contribution in [0.1, 0.15) is 15.6 Å². The van der Waals surface area contributed by atoms with Crippen LogP contribution in [0.5, 0.6) is 0 Å². The Morgan fingerprint density at radius 3 is 2.76 bits per heavy atom. The number of terminal acetylenes is 1. The molecule has 0 spiro atoms. The van der Waals surface area contributed by atoms with Crippen LogP contribution < -0.4 is 10.6 Å². The average molecular weight is 250 g/mol. The van der Waals surface area contributed by atoms with Crippen molar-refractivity contribution in [3.05, 3.63) is 15.6 Å². The van der Waals surface area contributed by atoms with Crippen LogP contribution in [0.25, 0.3) is 0 Å². The number of guanidine groups is 1. The van der Waals surface area contributed by atoms with Crippen LogP contribution in [0.4, 0.5) is 0 Å². The second-order valence-corrected chi connectivity index (χ2v) is 4.84. The first-order valence-electron chi connectivity index (χ1n) is 5.48. The summed E-state index contributed by atoms with van der Waals surface area (Å²) in [5.41, 5.74) is 1.13. The summed E-state index contributed by atoms with van der Waals surface area (Å²) >= 11 is 1.75. The van der Waals surface area contributed by atoms with Gasteiger partial charge in [-0.15, -0.1) is 17.8 Å². The standard InChI is InChI=1S/C12H18N4S/c1-5-7-14-12(13-4)15-8-6-11-9(2)16-10(3)17-11/h1H,6-8H2,2-4H3,(H2,13,14,15). The maximum Gasteiger partial charge on any atom is 0.191 e. The predicted octanol–water partition coefficient (Wildman–Crippen LogP) is 1.10. The van der Waals surface area contributed by atoms with Crippen LogP contribution in [-0.4, -0.2) is 31.1 Å². The fourth-order valence-electron chi connectivity index (χ4n) is 1.46. The van der Waals surface area contributed by atoms with E-state index in [9.17, 15) is 0 Å². The molecule has 1 heterocycles. The number of hydrogen-bond acceptors (Lipinski definition) is 3. The summed E-state index contributed by atoms with van der Waals surface area (Å²) in [6.07, 6.45) is 6.12. The van der Waals surface area contributed by atoms with Gasteiger partial charge in [-0.05, 0) is 13.8 Å². The van der Waals surface area contributed by atoms with Gasteiger partial charge in [-0.1, -0.05) is 5.92 Å². The molecule has 0 fully saturated rings. The molecule has 0 saturated carbocycles. The highest BCUT2D eigenvalue weighted by Gasteiger charge is 2.04. The van der Waals surface area contributed by atoms with Crippen molar-refractivity contribution in [2.45, 2.75) is 20.3 Å². The molecule has 0 bridgehead atoms. The molecule has 1 rings (SSSR count).